The van der Waals surface area contributed by atoms with Gasteiger partial charge in [0, 0.05) is 12.6 Å². The van der Waals surface area contributed by atoms with Crippen LogP contribution in [0.25, 0.3) is 0 Å². The maximum atomic E-state index is 13.9. The minimum Gasteiger partial charge on any atom is -0.494 e. The number of nitrogens with zero attached hydrogens (tertiary/aromatic N) is 1. The van der Waals surface area contributed by atoms with Crippen LogP contribution >= 0.6 is 0 Å². The van der Waals surface area contributed by atoms with E-state index in [4.69, 9.17) is 4.74 Å². The van der Waals surface area contributed by atoms with Crippen LogP contribution in [0.5, 0.6) is 5.75 Å². The van der Waals surface area contributed by atoms with E-state index in [1.165, 1.54) is 23.5 Å². The van der Waals surface area contributed by atoms with Gasteiger partial charge in [-0.25, -0.2) is 12.8 Å². The first-order valence-corrected chi connectivity index (χ1v) is 8.69. The Bertz CT molecular complexity index is 761. The molecular formula is C17H20FNO3S. The van der Waals surface area contributed by atoms with Crippen molar-refractivity contribution in [1.82, 2.24) is 4.31 Å². The summed E-state index contributed by atoms with van der Waals surface area (Å²) in [5, 5.41) is 0. The molecule has 0 N–H and O–H groups in total. The van der Waals surface area contributed by atoms with Crippen LogP contribution in [0.15, 0.2) is 53.4 Å². The highest BCUT2D eigenvalue weighted by atomic mass is 32.2. The summed E-state index contributed by atoms with van der Waals surface area (Å²) in [5.41, 5.74) is 0.874. The molecule has 2 rings (SSSR count). The van der Waals surface area contributed by atoms with Gasteiger partial charge in [0.2, 0.25) is 10.0 Å². The van der Waals surface area contributed by atoms with E-state index < -0.39 is 15.8 Å². The van der Waals surface area contributed by atoms with E-state index in [2.05, 4.69) is 0 Å². The Balaban J connectivity index is 2.39. The summed E-state index contributed by atoms with van der Waals surface area (Å²) in [7, 11) is -2.47. The molecule has 0 saturated carbocycles. The Morgan fingerprint density at radius 3 is 2.30 bits per heavy atom. The van der Waals surface area contributed by atoms with E-state index >= 15 is 0 Å². The van der Waals surface area contributed by atoms with E-state index in [9.17, 15) is 12.8 Å². The minimum absolute atomic E-state index is 0.0168. The molecular weight excluding hydrogens is 317 g/mol. The fourth-order valence-electron chi connectivity index (χ4n) is 2.25. The first-order chi connectivity index (χ1) is 10.9. The standard InChI is InChI=1S/C17H20FNO3S/c1-13(2)19(12-14-7-5-4-6-8-14)23(20,21)15-9-10-17(22-3)16(18)11-15/h4-11,13H,12H2,1-3H3. The van der Waals surface area contributed by atoms with Gasteiger partial charge in [0.15, 0.2) is 11.6 Å². The number of methoxy groups -OCH3 is 1. The lowest BCUT2D eigenvalue weighted by Gasteiger charge is -2.26. The number of ether oxygens (including phenoxy) is 1. The second kappa shape index (κ2) is 7.10. The van der Waals surface area contributed by atoms with Crippen molar-refractivity contribution in [2.75, 3.05) is 7.11 Å². The monoisotopic (exact) mass is 337 g/mol. The quantitative estimate of drug-likeness (QED) is 0.811. The molecule has 0 aliphatic carbocycles. The molecule has 0 unspecified atom stereocenters. The molecule has 0 aliphatic rings. The summed E-state index contributed by atoms with van der Waals surface area (Å²) in [6, 6.07) is 12.7. The van der Waals surface area contributed by atoms with Gasteiger partial charge >= 0.3 is 0 Å². The van der Waals surface area contributed by atoms with Crippen molar-refractivity contribution in [2.24, 2.45) is 0 Å². The highest BCUT2D eigenvalue weighted by Gasteiger charge is 2.28. The maximum Gasteiger partial charge on any atom is 0.243 e. The fourth-order valence-corrected chi connectivity index (χ4v) is 3.89. The van der Waals surface area contributed by atoms with Crippen molar-refractivity contribution in [1.29, 1.82) is 0 Å². The Kier molecular flexibility index (Phi) is 5.38. The lowest BCUT2D eigenvalue weighted by molar-refractivity contribution is 0.347. The summed E-state index contributed by atoms with van der Waals surface area (Å²) < 4.78 is 45.7. The van der Waals surface area contributed by atoms with E-state index in [0.717, 1.165) is 11.6 Å². The number of hydrogen-bond donors (Lipinski definition) is 0. The van der Waals surface area contributed by atoms with Gasteiger partial charge in [-0.1, -0.05) is 30.3 Å². The lowest BCUT2D eigenvalue weighted by atomic mass is 10.2. The lowest BCUT2D eigenvalue weighted by Crippen LogP contribution is -2.36. The smallest absolute Gasteiger partial charge is 0.243 e. The third-order valence-electron chi connectivity index (χ3n) is 3.49. The van der Waals surface area contributed by atoms with Gasteiger partial charge in [-0.05, 0) is 37.6 Å². The van der Waals surface area contributed by atoms with Crippen LogP contribution in [0, 0.1) is 5.82 Å². The van der Waals surface area contributed by atoms with Gasteiger partial charge in [0.25, 0.3) is 0 Å². The van der Waals surface area contributed by atoms with Crippen LogP contribution in [0.3, 0.4) is 0 Å². The highest BCUT2D eigenvalue weighted by molar-refractivity contribution is 7.89. The van der Waals surface area contributed by atoms with E-state index in [1.54, 1.807) is 13.8 Å². The molecule has 0 heterocycles. The molecule has 2 aromatic rings. The number of halogens is 1. The molecule has 0 spiro atoms. The molecule has 4 nitrogen and oxygen atoms in total. The zero-order chi connectivity index (χ0) is 17.0. The Labute approximate surface area is 136 Å². The van der Waals surface area contributed by atoms with Crippen molar-refractivity contribution in [2.45, 2.75) is 31.3 Å². The van der Waals surface area contributed by atoms with Crippen molar-refractivity contribution in [3.05, 3.63) is 59.9 Å². The minimum atomic E-state index is -3.81. The number of rotatable bonds is 6. The summed E-state index contributed by atoms with van der Waals surface area (Å²) >= 11 is 0. The Morgan fingerprint density at radius 2 is 1.78 bits per heavy atom. The highest BCUT2D eigenvalue weighted by Crippen LogP contribution is 2.25. The Morgan fingerprint density at radius 1 is 1.13 bits per heavy atom. The zero-order valence-corrected chi connectivity index (χ0v) is 14.2. The molecule has 0 amide bonds. The van der Waals surface area contributed by atoms with Crippen molar-refractivity contribution in [3.63, 3.8) is 0 Å². The second-order valence-corrected chi connectivity index (χ2v) is 7.32. The number of hydrogen-bond acceptors (Lipinski definition) is 3. The van der Waals surface area contributed by atoms with Crippen molar-refractivity contribution in [3.8, 4) is 5.75 Å². The predicted molar refractivity (Wildman–Crippen MR) is 87.3 cm³/mol. The van der Waals surface area contributed by atoms with Crippen molar-refractivity contribution < 1.29 is 17.5 Å². The van der Waals surface area contributed by atoms with Gasteiger partial charge < -0.3 is 4.74 Å². The van der Waals surface area contributed by atoms with Crippen LogP contribution < -0.4 is 4.74 Å². The van der Waals surface area contributed by atoms with Crippen LogP contribution in [-0.4, -0.2) is 25.9 Å². The molecule has 0 saturated heterocycles. The molecule has 124 valence electrons. The van der Waals surface area contributed by atoms with Gasteiger partial charge in [-0.15, -0.1) is 0 Å². The third kappa shape index (κ3) is 3.89. The van der Waals surface area contributed by atoms with Crippen LogP contribution in [-0.2, 0) is 16.6 Å². The summed E-state index contributed by atoms with van der Waals surface area (Å²) in [6.07, 6.45) is 0. The average Bonchev–Trinajstić information content (AvgIpc) is 2.53. The summed E-state index contributed by atoms with van der Waals surface area (Å²) in [5.74, 6) is -0.680. The van der Waals surface area contributed by atoms with E-state index in [-0.39, 0.29) is 23.2 Å². The molecule has 23 heavy (non-hydrogen) atoms. The number of sulfonamides is 1. The normalized spacial score (nSPS) is 11.9. The van der Waals surface area contributed by atoms with Crippen molar-refractivity contribution >= 4 is 10.0 Å². The molecule has 2 aromatic carbocycles. The van der Waals surface area contributed by atoms with Crippen LogP contribution in [0.4, 0.5) is 4.39 Å². The molecule has 0 aromatic heterocycles. The SMILES string of the molecule is COc1ccc(S(=O)(=O)N(Cc2ccccc2)C(C)C)cc1F. The van der Waals surface area contributed by atoms with Gasteiger partial charge in [-0.3, -0.25) is 0 Å². The molecule has 0 atom stereocenters. The third-order valence-corrected chi connectivity index (χ3v) is 5.50. The van der Waals surface area contributed by atoms with E-state index in [0.29, 0.717) is 0 Å². The van der Waals surface area contributed by atoms with E-state index in [1.807, 2.05) is 30.3 Å². The average molecular weight is 337 g/mol. The molecule has 0 bridgehead atoms. The van der Waals surface area contributed by atoms with Gasteiger partial charge in [0.1, 0.15) is 0 Å². The first kappa shape index (κ1) is 17.4. The first-order valence-electron chi connectivity index (χ1n) is 7.25. The fraction of sp³-hybridized carbons (Fsp3) is 0.294. The predicted octanol–water partition coefficient (Wildman–Crippen LogP) is 3.43. The molecule has 0 aliphatic heterocycles. The number of benzene rings is 2. The summed E-state index contributed by atoms with van der Waals surface area (Å²) in [6.45, 7) is 3.81. The maximum absolute atomic E-state index is 13.9. The largest absolute Gasteiger partial charge is 0.494 e. The molecule has 6 heteroatoms. The van der Waals surface area contributed by atoms with Gasteiger partial charge in [0.05, 0.1) is 12.0 Å². The molecule has 0 radical (unpaired) electrons. The Hall–Kier alpha value is -1.92. The second-order valence-electron chi connectivity index (χ2n) is 5.43. The van der Waals surface area contributed by atoms with Gasteiger partial charge in [-0.2, -0.15) is 4.31 Å². The van der Waals surface area contributed by atoms with Crippen LogP contribution in [0.1, 0.15) is 19.4 Å². The van der Waals surface area contributed by atoms with Crippen LogP contribution in [0.2, 0.25) is 0 Å². The molecule has 0 fully saturated rings. The zero-order valence-electron chi connectivity index (χ0n) is 13.4. The summed E-state index contributed by atoms with van der Waals surface area (Å²) in [4.78, 5) is -0.0829. The topological polar surface area (TPSA) is 46.6 Å².